The molecule has 11 heavy (non-hydrogen) atoms. The van der Waals surface area contributed by atoms with Crippen molar-refractivity contribution >= 4 is 45.2 Å². The SMILES string of the molecule is CC(I)CCCCCNCI. The second-order valence-electron chi connectivity index (χ2n) is 2.76. The Morgan fingerprint density at radius 1 is 1.27 bits per heavy atom. The summed E-state index contributed by atoms with van der Waals surface area (Å²) in [6.07, 6.45) is 5.50. The average Bonchev–Trinajstić information content (AvgIpc) is 1.96. The van der Waals surface area contributed by atoms with Crippen LogP contribution in [-0.4, -0.2) is 15.0 Å². The van der Waals surface area contributed by atoms with Crippen LogP contribution in [0.2, 0.25) is 0 Å². The van der Waals surface area contributed by atoms with Gasteiger partial charge in [0.15, 0.2) is 0 Å². The van der Waals surface area contributed by atoms with Crippen LogP contribution in [0.5, 0.6) is 0 Å². The van der Waals surface area contributed by atoms with Crippen molar-refractivity contribution < 1.29 is 0 Å². The molecule has 0 aliphatic heterocycles. The van der Waals surface area contributed by atoms with E-state index >= 15 is 0 Å². The van der Waals surface area contributed by atoms with Crippen molar-refractivity contribution in [1.82, 2.24) is 5.32 Å². The fourth-order valence-corrected chi connectivity index (χ4v) is 1.74. The number of nitrogens with one attached hydrogen (secondary N) is 1. The van der Waals surface area contributed by atoms with Crippen LogP contribution in [0.1, 0.15) is 32.6 Å². The predicted octanol–water partition coefficient (Wildman–Crippen LogP) is 3.35. The molecular formula is C8H17I2N. The third-order valence-electron chi connectivity index (χ3n) is 1.55. The van der Waals surface area contributed by atoms with Crippen molar-refractivity contribution in [3.63, 3.8) is 0 Å². The Hall–Kier alpha value is 1.42. The van der Waals surface area contributed by atoms with Gasteiger partial charge in [-0.25, -0.2) is 0 Å². The van der Waals surface area contributed by atoms with Crippen LogP contribution in [0.15, 0.2) is 0 Å². The number of alkyl halides is 2. The molecule has 0 aliphatic carbocycles. The zero-order chi connectivity index (χ0) is 8.53. The van der Waals surface area contributed by atoms with Gasteiger partial charge < -0.3 is 5.32 Å². The maximum absolute atomic E-state index is 3.32. The summed E-state index contributed by atoms with van der Waals surface area (Å²) in [6.45, 7) is 3.47. The molecule has 1 N–H and O–H groups in total. The van der Waals surface area contributed by atoms with E-state index < -0.39 is 0 Å². The van der Waals surface area contributed by atoms with Gasteiger partial charge in [0, 0.05) is 8.48 Å². The first-order valence-electron chi connectivity index (χ1n) is 4.18. The Labute approximate surface area is 97.4 Å². The maximum Gasteiger partial charge on any atom is 0.0479 e. The molecule has 0 heterocycles. The molecule has 0 amide bonds. The molecule has 1 atom stereocenters. The molecule has 1 unspecified atom stereocenters. The Bertz CT molecular complexity index is 76.5. The molecule has 0 aromatic rings. The van der Waals surface area contributed by atoms with Crippen LogP contribution in [0, 0.1) is 0 Å². The first kappa shape index (κ1) is 12.4. The Kier molecular flexibility index (Phi) is 10.7. The third-order valence-corrected chi connectivity index (χ3v) is 2.71. The molecule has 0 fully saturated rings. The molecule has 0 saturated heterocycles. The quantitative estimate of drug-likeness (QED) is 0.309. The molecule has 3 heteroatoms. The van der Waals surface area contributed by atoms with E-state index in [1.54, 1.807) is 0 Å². The monoisotopic (exact) mass is 381 g/mol. The Morgan fingerprint density at radius 3 is 2.55 bits per heavy atom. The standard InChI is InChI=1S/C8H17I2N/c1-8(10)5-3-2-4-6-11-7-9/h8,11H,2-7H2,1H3. The van der Waals surface area contributed by atoms with Gasteiger partial charge in [0.05, 0.1) is 0 Å². The third kappa shape index (κ3) is 11.4. The maximum atomic E-state index is 3.32. The summed E-state index contributed by atoms with van der Waals surface area (Å²) in [7, 11) is 0. The van der Waals surface area contributed by atoms with E-state index in [4.69, 9.17) is 0 Å². The van der Waals surface area contributed by atoms with Crippen LogP contribution >= 0.6 is 45.2 Å². The second-order valence-corrected chi connectivity index (χ2v) is 5.65. The summed E-state index contributed by atoms with van der Waals surface area (Å²) < 4.78 is 1.94. The van der Waals surface area contributed by atoms with Crippen LogP contribution in [-0.2, 0) is 0 Å². The number of hydrogen-bond acceptors (Lipinski definition) is 1. The Balaban J connectivity index is 2.80. The molecule has 0 saturated carbocycles. The van der Waals surface area contributed by atoms with E-state index in [2.05, 4.69) is 57.4 Å². The fourth-order valence-electron chi connectivity index (χ4n) is 0.919. The minimum absolute atomic E-state index is 0.852. The molecule has 1 nitrogen and oxygen atoms in total. The fraction of sp³-hybridized carbons (Fsp3) is 1.00. The lowest BCUT2D eigenvalue weighted by Gasteiger charge is -2.02. The summed E-state index contributed by atoms with van der Waals surface area (Å²) in [5.41, 5.74) is 0. The van der Waals surface area contributed by atoms with Crippen molar-refractivity contribution in [1.29, 1.82) is 0 Å². The van der Waals surface area contributed by atoms with E-state index in [9.17, 15) is 0 Å². The summed E-state index contributed by atoms with van der Waals surface area (Å²) in [4.78, 5) is 0. The van der Waals surface area contributed by atoms with E-state index in [-0.39, 0.29) is 0 Å². The normalized spacial score (nSPS) is 13.4. The van der Waals surface area contributed by atoms with Crippen LogP contribution in [0.25, 0.3) is 0 Å². The molecule has 0 radical (unpaired) electrons. The van der Waals surface area contributed by atoms with Crippen molar-refractivity contribution in [2.75, 3.05) is 11.1 Å². The first-order valence-corrected chi connectivity index (χ1v) is 6.95. The first-order chi connectivity index (χ1) is 5.27. The number of hydrogen-bond donors (Lipinski definition) is 1. The lowest BCUT2D eigenvalue weighted by Crippen LogP contribution is -2.11. The highest BCUT2D eigenvalue weighted by Gasteiger charge is 1.94. The minimum atomic E-state index is 0.852. The molecule has 0 aromatic heterocycles. The summed E-state index contributed by atoms with van der Waals surface area (Å²) in [6, 6.07) is 0. The molecule has 0 bridgehead atoms. The highest BCUT2D eigenvalue weighted by molar-refractivity contribution is 14.1. The van der Waals surface area contributed by atoms with Gasteiger partial charge in [0.2, 0.25) is 0 Å². The summed E-state index contributed by atoms with van der Waals surface area (Å²) in [5.74, 6) is 0. The highest BCUT2D eigenvalue weighted by atomic mass is 127. The molecule has 68 valence electrons. The zero-order valence-corrected chi connectivity index (χ0v) is 11.4. The summed E-state index contributed by atoms with van der Waals surface area (Å²) >= 11 is 4.84. The van der Waals surface area contributed by atoms with Gasteiger partial charge in [0.25, 0.3) is 0 Å². The van der Waals surface area contributed by atoms with Crippen molar-refractivity contribution in [2.24, 2.45) is 0 Å². The second kappa shape index (κ2) is 9.51. The van der Waals surface area contributed by atoms with E-state index in [1.807, 2.05) is 0 Å². The van der Waals surface area contributed by atoms with Crippen molar-refractivity contribution in [3.05, 3.63) is 0 Å². The van der Waals surface area contributed by atoms with Crippen LogP contribution < -0.4 is 5.32 Å². The largest absolute Gasteiger partial charge is 0.308 e. The molecule has 0 aliphatic rings. The van der Waals surface area contributed by atoms with Crippen LogP contribution in [0.3, 0.4) is 0 Å². The van der Waals surface area contributed by atoms with Gasteiger partial charge in [0.1, 0.15) is 0 Å². The molecule has 0 rings (SSSR count). The molecule has 0 spiro atoms. The zero-order valence-electron chi connectivity index (χ0n) is 7.08. The minimum Gasteiger partial charge on any atom is -0.308 e. The van der Waals surface area contributed by atoms with E-state index in [0.717, 1.165) is 8.48 Å². The van der Waals surface area contributed by atoms with Gasteiger partial charge >= 0.3 is 0 Å². The average molecular weight is 381 g/mol. The number of halogens is 2. The summed E-state index contributed by atoms with van der Waals surface area (Å²) in [5, 5.41) is 3.32. The van der Waals surface area contributed by atoms with Crippen molar-refractivity contribution in [2.45, 2.75) is 36.5 Å². The predicted molar refractivity (Wildman–Crippen MR) is 68.8 cm³/mol. The topological polar surface area (TPSA) is 12.0 Å². The van der Waals surface area contributed by atoms with Gasteiger partial charge in [-0.15, -0.1) is 0 Å². The van der Waals surface area contributed by atoms with Gasteiger partial charge in [-0.2, -0.15) is 0 Å². The number of rotatable bonds is 7. The van der Waals surface area contributed by atoms with E-state index in [0.29, 0.717) is 0 Å². The van der Waals surface area contributed by atoms with Crippen LogP contribution in [0.4, 0.5) is 0 Å². The molecular weight excluding hydrogens is 364 g/mol. The Morgan fingerprint density at radius 2 is 2.00 bits per heavy atom. The van der Waals surface area contributed by atoms with Gasteiger partial charge in [-0.1, -0.05) is 64.9 Å². The molecule has 0 aromatic carbocycles. The smallest absolute Gasteiger partial charge is 0.0479 e. The van der Waals surface area contributed by atoms with Gasteiger partial charge in [-0.05, 0) is 19.4 Å². The lowest BCUT2D eigenvalue weighted by atomic mass is 10.1. The highest BCUT2D eigenvalue weighted by Crippen LogP contribution is 2.09. The van der Waals surface area contributed by atoms with E-state index in [1.165, 1.54) is 32.2 Å². The lowest BCUT2D eigenvalue weighted by molar-refractivity contribution is 0.618. The number of unbranched alkanes of at least 4 members (excludes halogenated alkanes) is 2. The van der Waals surface area contributed by atoms with Crippen molar-refractivity contribution in [3.8, 4) is 0 Å². The van der Waals surface area contributed by atoms with Gasteiger partial charge in [-0.3, -0.25) is 0 Å².